The number of aromatic nitrogens is 2. The molecule has 1 aromatic carbocycles. The van der Waals surface area contributed by atoms with Crippen molar-refractivity contribution in [3.05, 3.63) is 46.9 Å². The van der Waals surface area contributed by atoms with Crippen LogP contribution in [0.1, 0.15) is 17.5 Å². The summed E-state index contributed by atoms with van der Waals surface area (Å²) >= 11 is 5.89. The predicted octanol–water partition coefficient (Wildman–Crippen LogP) is 2.13. The summed E-state index contributed by atoms with van der Waals surface area (Å²) in [5.41, 5.74) is 2.46. The first-order valence-electron chi connectivity index (χ1n) is 8.38. The quantitative estimate of drug-likeness (QED) is 0.818. The van der Waals surface area contributed by atoms with Gasteiger partial charge in [0.05, 0.1) is 17.3 Å². The lowest BCUT2D eigenvalue weighted by molar-refractivity contribution is 0.383. The second-order valence-corrected chi connectivity index (χ2v) is 8.70. The highest BCUT2D eigenvalue weighted by Crippen LogP contribution is 2.27. The molecular weight excluding hydrogens is 360 g/mol. The molecule has 0 bridgehead atoms. The summed E-state index contributed by atoms with van der Waals surface area (Å²) in [5, 5.41) is 0.339. The summed E-state index contributed by atoms with van der Waals surface area (Å²) in [6.45, 7) is 1.99. The molecule has 0 radical (unpaired) electrons. The molecule has 8 heteroatoms. The fourth-order valence-corrected chi connectivity index (χ4v) is 5.12. The number of hydrogen-bond donors (Lipinski definition) is 0. The number of nitrogens with zero attached hydrogens (tertiary/aromatic N) is 4. The van der Waals surface area contributed by atoms with Crippen molar-refractivity contribution in [3.8, 4) is 0 Å². The lowest BCUT2D eigenvalue weighted by atomic mass is 10.1. The van der Waals surface area contributed by atoms with E-state index in [0.717, 1.165) is 19.3 Å². The Morgan fingerprint density at radius 2 is 1.76 bits per heavy atom. The highest BCUT2D eigenvalue weighted by molar-refractivity contribution is 7.89. The van der Waals surface area contributed by atoms with Crippen molar-refractivity contribution < 1.29 is 8.42 Å². The van der Waals surface area contributed by atoms with Gasteiger partial charge in [0.1, 0.15) is 11.0 Å². The van der Waals surface area contributed by atoms with Crippen LogP contribution < -0.4 is 4.90 Å². The Balaban J connectivity index is 1.50. The zero-order valence-corrected chi connectivity index (χ0v) is 15.3. The largest absolute Gasteiger partial charge is 0.353 e. The van der Waals surface area contributed by atoms with Crippen LogP contribution in [0, 0.1) is 0 Å². The van der Waals surface area contributed by atoms with E-state index in [1.54, 1.807) is 16.6 Å². The fourth-order valence-electron chi connectivity index (χ4n) is 3.50. The summed E-state index contributed by atoms with van der Waals surface area (Å²) < 4.78 is 27.4. The Labute approximate surface area is 152 Å². The minimum absolute atomic E-state index is 0.339. The number of sulfonamides is 1. The van der Waals surface area contributed by atoms with Crippen LogP contribution in [0.15, 0.2) is 35.5 Å². The normalized spacial score (nSPS) is 18.4. The molecule has 0 spiro atoms. The van der Waals surface area contributed by atoms with E-state index in [4.69, 9.17) is 11.6 Å². The highest BCUT2D eigenvalue weighted by atomic mass is 35.5. The number of benzene rings is 1. The fraction of sp³-hybridized carbons (Fsp3) is 0.412. The Kier molecular flexibility index (Phi) is 4.39. The van der Waals surface area contributed by atoms with Gasteiger partial charge in [0.15, 0.2) is 0 Å². The van der Waals surface area contributed by atoms with E-state index in [1.165, 1.54) is 17.3 Å². The summed E-state index contributed by atoms with van der Waals surface area (Å²) in [6, 6.07) is 5.56. The third kappa shape index (κ3) is 3.23. The highest BCUT2D eigenvalue weighted by Gasteiger charge is 2.29. The molecule has 0 amide bonds. The van der Waals surface area contributed by atoms with E-state index < -0.39 is 10.0 Å². The van der Waals surface area contributed by atoms with Gasteiger partial charge in [0, 0.05) is 26.2 Å². The second-order valence-electron chi connectivity index (χ2n) is 6.38. The topological polar surface area (TPSA) is 66.4 Å². The van der Waals surface area contributed by atoms with Crippen molar-refractivity contribution in [2.24, 2.45) is 0 Å². The monoisotopic (exact) mass is 378 g/mol. The van der Waals surface area contributed by atoms with Crippen molar-refractivity contribution in [1.82, 2.24) is 14.3 Å². The summed E-state index contributed by atoms with van der Waals surface area (Å²) in [7, 11) is -3.45. The molecule has 2 heterocycles. The Morgan fingerprint density at radius 3 is 2.52 bits per heavy atom. The molecule has 1 aliphatic heterocycles. The van der Waals surface area contributed by atoms with Crippen molar-refractivity contribution in [3.63, 3.8) is 0 Å². The minimum atomic E-state index is -3.45. The summed E-state index contributed by atoms with van der Waals surface area (Å²) in [4.78, 5) is 10.7. The molecule has 0 saturated carbocycles. The molecule has 0 atom stereocenters. The Bertz CT molecular complexity index is 895. The van der Waals surface area contributed by atoms with Crippen LogP contribution in [0.4, 0.5) is 5.82 Å². The summed E-state index contributed by atoms with van der Waals surface area (Å²) in [6.07, 6.45) is 6.27. The van der Waals surface area contributed by atoms with E-state index in [1.807, 2.05) is 17.0 Å². The molecule has 0 N–H and O–H groups in total. The van der Waals surface area contributed by atoms with Gasteiger partial charge in [-0.3, -0.25) is 4.98 Å². The van der Waals surface area contributed by atoms with Crippen LogP contribution in [0.3, 0.4) is 0 Å². The average molecular weight is 379 g/mol. The zero-order chi connectivity index (χ0) is 17.4. The summed E-state index contributed by atoms with van der Waals surface area (Å²) in [5.74, 6) is 0.682. The number of halogens is 1. The van der Waals surface area contributed by atoms with Crippen LogP contribution in [0.2, 0.25) is 5.15 Å². The Morgan fingerprint density at radius 1 is 1.00 bits per heavy atom. The van der Waals surface area contributed by atoms with Gasteiger partial charge in [-0.05, 0) is 42.5 Å². The maximum Gasteiger partial charge on any atom is 0.243 e. The van der Waals surface area contributed by atoms with Gasteiger partial charge in [0.2, 0.25) is 10.0 Å². The van der Waals surface area contributed by atoms with Crippen LogP contribution in [-0.4, -0.2) is 48.9 Å². The van der Waals surface area contributed by atoms with Crippen molar-refractivity contribution in [2.45, 2.75) is 24.2 Å². The zero-order valence-electron chi connectivity index (χ0n) is 13.7. The van der Waals surface area contributed by atoms with Gasteiger partial charge in [-0.15, -0.1) is 0 Å². The smallest absolute Gasteiger partial charge is 0.243 e. The Hall–Kier alpha value is -1.70. The number of aryl methyl sites for hydroxylation is 2. The number of fused-ring (bicyclic) bond motifs is 1. The molecule has 1 aromatic heterocycles. The molecule has 1 aliphatic carbocycles. The molecule has 4 rings (SSSR count). The van der Waals surface area contributed by atoms with E-state index in [-0.39, 0.29) is 0 Å². The first-order valence-corrected chi connectivity index (χ1v) is 10.2. The van der Waals surface area contributed by atoms with Crippen molar-refractivity contribution in [1.29, 1.82) is 0 Å². The van der Waals surface area contributed by atoms with E-state index in [2.05, 4.69) is 9.97 Å². The van der Waals surface area contributed by atoms with Crippen LogP contribution in [-0.2, 0) is 22.9 Å². The maximum atomic E-state index is 12.9. The molecular formula is C17H19ClN4O2S. The van der Waals surface area contributed by atoms with Crippen molar-refractivity contribution in [2.75, 3.05) is 31.1 Å². The second kappa shape index (κ2) is 6.55. The predicted molar refractivity (Wildman–Crippen MR) is 96.5 cm³/mol. The van der Waals surface area contributed by atoms with Crippen LogP contribution in [0.5, 0.6) is 0 Å². The lowest BCUT2D eigenvalue weighted by Gasteiger charge is -2.34. The van der Waals surface area contributed by atoms with Gasteiger partial charge in [-0.1, -0.05) is 17.7 Å². The molecule has 132 valence electrons. The number of rotatable bonds is 3. The minimum Gasteiger partial charge on any atom is -0.353 e. The van der Waals surface area contributed by atoms with Crippen LogP contribution in [0.25, 0.3) is 0 Å². The van der Waals surface area contributed by atoms with Gasteiger partial charge in [-0.25, -0.2) is 13.4 Å². The maximum absolute atomic E-state index is 12.9. The van der Waals surface area contributed by atoms with E-state index in [0.29, 0.717) is 42.0 Å². The number of hydrogen-bond acceptors (Lipinski definition) is 5. The van der Waals surface area contributed by atoms with Gasteiger partial charge >= 0.3 is 0 Å². The number of anilines is 1. The van der Waals surface area contributed by atoms with Gasteiger partial charge < -0.3 is 4.90 Å². The molecule has 0 unspecified atom stereocenters. The van der Waals surface area contributed by atoms with Gasteiger partial charge in [0.25, 0.3) is 0 Å². The van der Waals surface area contributed by atoms with E-state index >= 15 is 0 Å². The van der Waals surface area contributed by atoms with E-state index in [9.17, 15) is 8.42 Å². The third-order valence-electron chi connectivity index (χ3n) is 4.86. The molecule has 6 nitrogen and oxygen atoms in total. The van der Waals surface area contributed by atoms with Crippen LogP contribution >= 0.6 is 11.6 Å². The number of piperazine rings is 1. The SMILES string of the molecule is O=S(=O)(c1ccc2c(c1)CCC2)N1CCN(c2cncc(Cl)n2)CC1. The first-order chi connectivity index (χ1) is 12.0. The molecule has 1 fully saturated rings. The average Bonchev–Trinajstić information content (AvgIpc) is 3.09. The molecule has 2 aliphatic rings. The lowest BCUT2D eigenvalue weighted by Crippen LogP contribution is -2.49. The molecule has 1 saturated heterocycles. The first kappa shape index (κ1) is 16.8. The van der Waals surface area contributed by atoms with Crippen molar-refractivity contribution >= 4 is 27.4 Å². The molecule has 2 aromatic rings. The van der Waals surface area contributed by atoms with Gasteiger partial charge in [-0.2, -0.15) is 4.31 Å². The molecule has 25 heavy (non-hydrogen) atoms. The standard InChI is InChI=1S/C17H19ClN4O2S/c18-16-11-19-12-17(20-16)21-6-8-22(9-7-21)25(23,24)15-5-4-13-2-1-3-14(13)10-15/h4-5,10-12H,1-3,6-9H2. The third-order valence-corrected chi connectivity index (χ3v) is 6.94.